The smallest absolute Gasteiger partial charge is 0.254 e. The zero-order valence-corrected chi connectivity index (χ0v) is 18.0. The van der Waals surface area contributed by atoms with Crippen molar-refractivity contribution in [3.8, 4) is 0 Å². The van der Waals surface area contributed by atoms with Crippen LogP contribution in [0.1, 0.15) is 51.6 Å². The molecule has 1 aliphatic heterocycles. The maximum Gasteiger partial charge on any atom is 0.254 e. The molecule has 3 aliphatic rings. The van der Waals surface area contributed by atoms with Crippen LogP contribution in [0.2, 0.25) is 0 Å². The first-order valence-electron chi connectivity index (χ1n) is 11.2. The molecule has 3 aromatic heterocycles. The van der Waals surface area contributed by atoms with Crippen molar-refractivity contribution in [3.63, 3.8) is 0 Å². The predicted molar refractivity (Wildman–Crippen MR) is 119 cm³/mol. The molecule has 4 heterocycles. The van der Waals surface area contributed by atoms with Crippen LogP contribution in [0.4, 0.5) is 11.8 Å². The van der Waals surface area contributed by atoms with E-state index < -0.39 is 0 Å². The van der Waals surface area contributed by atoms with Gasteiger partial charge in [0, 0.05) is 42.9 Å². The average Bonchev–Trinajstić information content (AvgIpc) is 3.17. The molecule has 0 spiro atoms. The quantitative estimate of drug-likeness (QED) is 0.635. The van der Waals surface area contributed by atoms with Gasteiger partial charge in [-0.15, -0.1) is 0 Å². The Morgan fingerprint density at radius 2 is 2.09 bits per heavy atom. The summed E-state index contributed by atoms with van der Waals surface area (Å²) in [5.74, 6) is 2.93. The number of hydrogen-bond donors (Lipinski definition) is 2. The van der Waals surface area contributed by atoms with Gasteiger partial charge in [0.05, 0.1) is 24.3 Å². The number of pyridine rings is 1. The summed E-state index contributed by atoms with van der Waals surface area (Å²) in [7, 11) is 0. The molecule has 2 aliphatic carbocycles. The number of nitrogens with two attached hydrogens (primary N) is 1. The third-order valence-corrected chi connectivity index (χ3v) is 7.05. The fraction of sp³-hybridized carbons (Fsp3) is 0.435. The van der Waals surface area contributed by atoms with E-state index >= 15 is 0 Å². The SMILES string of the molecule is Cc1nc(N2CC3CC3C2)ncc1Cn1cc(C(=O)NC2CCc3c2ccnc3N)cn1. The minimum absolute atomic E-state index is 0.0500. The molecule has 2 fully saturated rings. The van der Waals surface area contributed by atoms with E-state index in [1.54, 1.807) is 23.3 Å². The summed E-state index contributed by atoms with van der Waals surface area (Å²) in [6, 6.07) is 1.89. The molecule has 3 unspecified atom stereocenters. The first-order valence-corrected chi connectivity index (χ1v) is 11.2. The zero-order chi connectivity index (χ0) is 21.8. The lowest BCUT2D eigenvalue weighted by Gasteiger charge is -2.18. The molecular formula is C23H26N8O. The summed E-state index contributed by atoms with van der Waals surface area (Å²) >= 11 is 0. The number of nitrogens with one attached hydrogen (secondary N) is 1. The highest BCUT2D eigenvalue weighted by atomic mass is 16.1. The molecule has 0 bridgehead atoms. The Morgan fingerprint density at radius 1 is 1.25 bits per heavy atom. The predicted octanol–water partition coefficient (Wildman–Crippen LogP) is 1.88. The van der Waals surface area contributed by atoms with Crippen molar-refractivity contribution in [2.45, 2.75) is 38.8 Å². The normalized spacial score (nSPS) is 23.2. The Labute approximate surface area is 186 Å². The number of fused-ring (bicyclic) bond motifs is 2. The van der Waals surface area contributed by atoms with Crippen LogP contribution >= 0.6 is 0 Å². The summed E-state index contributed by atoms with van der Waals surface area (Å²) in [6.45, 7) is 4.69. The van der Waals surface area contributed by atoms with Crippen LogP contribution in [-0.4, -0.2) is 43.7 Å². The molecule has 1 saturated carbocycles. The Morgan fingerprint density at radius 3 is 2.91 bits per heavy atom. The van der Waals surface area contributed by atoms with Gasteiger partial charge in [0.2, 0.25) is 5.95 Å². The number of piperidine rings is 1. The molecule has 9 nitrogen and oxygen atoms in total. The third kappa shape index (κ3) is 3.37. The zero-order valence-electron chi connectivity index (χ0n) is 18.0. The van der Waals surface area contributed by atoms with Crippen LogP contribution in [0, 0.1) is 18.8 Å². The average molecular weight is 431 g/mol. The number of rotatable bonds is 5. The third-order valence-electron chi connectivity index (χ3n) is 7.05. The minimum atomic E-state index is -0.139. The summed E-state index contributed by atoms with van der Waals surface area (Å²) in [5.41, 5.74) is 10.5. The first-order chi connectivity index (χ1) is 15.5. The standard InChI is InChI=1S/C23H26N8O/c1-13-16(7-26-23(28-13)30-9-14-6-15(14)10-30)11-31-12-17(8-27-31)22(32)29-20-3-2-19-18(20)4-5-25-21(19)24/h4-5,7-8,12,14-15,20H,2-3,6,9-11H2,1H3,(H2,24,25)(H,29,32). The highest BCUT2D eigenvalue weighted by molar-refractivity contribution is 5.94. The Balaban J connectivity index is 1.12. The summed E-state index contributed by atoms with van der Waals surface area (Å²) in [4.78, 5) is 28.6. The molecule has 32 heavy (non-hydrogen) atoms. The maximum absolute atomic E-state index is 12.8. The first kappa shape index (κ1) is 19.2. The monoisotopic (exact) mass is 430 g/mol. The van der Waals surface area contributed by atoms with E-state index in [0.717, 1.165) is 66.1 Å². The van der Waals surface area contributed by atoms with Gasteiger partial charge >= 0.3 is 0 Å². The maximum atomic E-state index is 12.8. The summed E-state index contributed by atoms with van der Waals surface area (Å²) in [5, 5.41) is 7.49. The molecule has 9 heteroatoms. The highest BCUT2D eigenvalue weighted by Gasteiger charge is 2.45. The van der Waals surface area contributed by atoms with Gasteiger partial charge in [-0.2, -0.15) is 5.10 Å². The molecular weight excluding hydrogens is 404 g/mol. The molecule has 3 atom stereocenters. The van der Waals surface area contributed by atoms with Crippen molar-refractivity contribution < 1.29 is 4.79 Å². The molecule has 1 saturated heterocycles. The van der Waals surface area contributed by atoms with E-state index in [4.69, 9.17) is 10.7 Å². The van der Waals surface area contributed by atoms with Crippen molar-refractivity contribution in [2.24, 2.45) is 11.8 Å². The van der Waals surface area contributed by atoms with Gasteiger partial charge in [-0.05, 0) is 55.2 Å². The largest absolute Gasteiger partial charge is 0.383 e. The van der Waals surface area contributed by atoms with Gasteiger partial charge in [-0.1, -0.05) is 0 Å². The van der Waals surface area contributed by atoms with Gasteiger partial charge < -0.3 is 16.0 Å². The molecule has 1 amide bonds. The fourth-order valence-electron chi connectivity index (χ4n) is 5.05. The molecule has 0 aromatic carbocycles. The van der Waals surface area contributed by atoms with Crippen LogP contribution in [0.15, 0.2) is 30.9 Å². The Bertz CT molecular complexity index is 1190. The lowest BCUT2D eigenvalue weighted by Crippen LogP contribution is -2.26. The number of aryl methyl sites for hydroxylation is 1. The molecule has 6 rings (SSSR count). The lowest BCUT2D eigenvalue weighted by molar-refractivity contribution is 0.0936. The fourth-order valence-corrected chi connectivity index (χ4v) is 5.05. The number of nitrogens with zero attached hydrogens (tertiary/aromatic N) is 6. The number of amides is 1. The molecule has 3 aromatic rings. The number of nitrogen functional groups attached to an aromatic ring is 1. The highest BCUT2D eigenvalue weighted by Crippen LogP contribution is 2.45. The van der Waals surface area contributed by atoms with E-state index in [1.807, 2.05) is 19.2 Å². The second-order valence-corrected chi connectivity index (χ2v) is 9.20. The number of carbonyl (C=O) groups is 1. The van der Waals surface area contributed by atoms with E-state index in [1.165, 1.54) is 6.42 Å². The van der Waals surface area contributed by atoms with Crippen LogP contribution in [0.5, 0.6) is 0 Å². The van der Waals surface area contributed by atoms with Gasteiger partial charge in [-0.3, -0.25) is 9.48 Å². The van der Waals surface area contributed by atoms with Gasteiger partial charge in [0.15, 0.2) is 0 Å². The van der Waals surface area contributed by atoms with Gasteiger partial charge in [-0.25, -0.2) is 15.0 Å². The van der Waals surface area contributed by atoms with Crippen molar-refractivity contribution in [2.75, 3.05) is 23.7 Å². The van der Waals surface area contributed by atoms with E-state index in [2.05, 4.69) is 25.3 Å². The van der Waals surface area contributed by atoms with Crippen LogP contribution in [-0.2, 0) is 13.0 Å². The topological polar surface area (TPSA) is 115 Å². The van der Waals surface area contributed by atoms with Gasteiger partial charge in [0.1, 0.15) is 5.82 Å². The molecule has 0 radical (unpaired) electrons. The van der Waals surface area contributed by atoms with Crippen LogP contribution in [0.25, 0.3) is 0 Å². The Hall–Kier alpha value is -3.49. The van der Waals surface area contributed by atoms with E-state index in [-0.39, 0.29) is 11.9 Å². The second-order valence-electron chi connectivity index (χ2n) is 9.20. The molecule has 3 N–H and O–H groups in total. The number of carbonyl (C=O) groups excluding carboxylic acids is 1. The van der Waals surface area contributed by atoms with Crippen molar-refractivity contribution in [1.82, 2.24) is 30.0 Å². The number of hydrogen-bond acceptors (Lipinski definition) is 7. The number of anilines is 2. The van der Waals surface area contributed by atoms with Gasteiger partial charge in [0.25, 0.3) is 5.91 Å². The van der Waals surface area contributed by atoms with Crippen LogP contribution in [0.3, 0.4) is 0 Å². The Kier molecular flexibility index (Phi) is 4.38. The second kappa shape index (κ2) is 7.29. The van der Waals surface area contributed by atoms with Crippen molar-refractivity contribution in [1.29, 1.82) is 0 Å². The summed E-state index contributed by atoms with van der Waals surface area (Å²) in [6.07, 6.45) is 9.97. The van der Waals surface area contributed by atoms with Crippen molar-refractivity contribution >= 4 is 17.7 Å². The van der Waals surface area contributed by atoms with Crippen LogP contribution < -0.4 is 16.0 Å². The summed E-state index contributed by atoms with van der Waals surface area (Å²) < 4.78 is 1.76. The van der Waals surface area contributed by atoms with E-state index in [0.29, 0.717) is 17.9 Å². The number of aromatic nitrogens is 5. The van der Waals surface area contributed by atoms with E-state index in [9.17, 15) is 4.79 Å². The molecule has 164 valence electrons. The van der Waals surface area contributed by atoms with Crippen molar-refractivity contribution in [3.05, 3.63) is 58.8 Å². The minimum Gasteiger partial charge on any atom is -0.383 e. The lowest BCUT2D eigenvalue weighted by atomic mass is 10.1.